The van der Waals surface area contributed by atoms with Gasteiger partial charge >= 0.3 is 11.9 Å². The van der Waals surface area contributed by atoms with E-state index in [0.29, 0.717) is 11.1 Å². The molecule has 2 atom stereocenters. The number of carboxylic acid groups (broad SMARTS) is 2. The molecular formula is C32H50O6. The molecule has 0 saturated heterocycles. The molecule has 0 fully saturated rings. The van der Waals surface area contributed by atoms with E-state index in [4.69, 9.17) is 10.2 Å². The summed E-state index contributed by atoms with van der Waals surface area (Å²) in [5, 5.41) is 36.5. The van der Waals surface area contributed by atoms with E-state index in [1.165, 1.54) is 0 Å². The lowest BCUT2D eigenvalue weighted by molar-refractivity contribution is 0.0132. The predicted octanol–water partition coefficient (Wildman–Crippen LogP) is 7.31. The van der Waals surface area contributed by atoms with Crippen LogP contribution in [0.4, 0.5) is 0 Å². The number of hydrogen-bond donors (Lipinski definition) is 4. The third-order valence-electron chi connectivity index (χ3n) is 6.38. The van der Waals surface area contributed by atoms with Crippen molar-refractivity contribution in [3.63, 3.8) is 0 Å². The molecule has 2 aromatic carbocycles. The lowest BCUT2D eigenvalue weighted by Crippen LogP contribution is -2.29. The van der Waals surface area contributed by atoms with Gasteiger partial charge in [-0.1, -0.05) is 99.4 Å². The van der Waals surface area contributed by atoms with E-state index in [1.54, 1.807) is 24.3 Å². The third-order valence-corrected chi connectivity index (χ3v) is 6.38. The number of aromatic carboxylic acids is 2. The smallest absolute Gasteiger partial charge is 0.335 e. The van der Waals surface area contributed by atoms with Crippen molar-refractivity contribution >= 4 is 11.9 Å². The zero-order valence-corrected chi connectivity index (χ0v) is 24.8. The van der Waals surface area contributed by atoms with Gasteiger partial charge in [-0.3, -0.25) is 0 Å². The highest BCUT2D eigenvalue weighted by atomic mass is 16.4. The maximum atomic E-state index is 10.6. The molecule has 0 aromatic heterocycles. The van der Waals surface area contributed by atoms with Crippen molar-refractivity contribution in [2.75, 3.05) is 0 Å². The van der Waals surface area contributed by atoms with Gasteiger partial charge in [0, 0.05) is 5.92 Å². The molecule has 6 nitrogen and oxygen atoms in total. The summed E-state index contributed by atoms with van der Waals surface area (Å²) >= 11 is 0. The highest BCUT2D eigenvalue weighted by Gasteiger charge is 2.20. The summed E-state index contributed by atoms with van der Waals surface area (Å²) in [5.74, 6) is -1.73. The number of aliphatic hydroxyl groups is 2. The van der Waals surface area contributed by atoms with Crippen LogP contribution in [0.1, 0.15) is 120 Å². The van der Waals surface area contributed by atoms with E-state index in [2.05, 4.69) is 41.5 Å². The maximum Gasteiger partial charge on any atom is 0.335 e. The summed E-state index contributed by atoms with van der Waals surface area (Å²) in [7, 11) is 0. The van der Waals surface area contributed by atoms with Crippen LogP contribution in [0.2, 0.25) is 0 Å². The van der Waals surface area contributed by atoms with Gasteiger partial charge in [0.2, 0.25) is 0 Å². The molecule has 0 saturated carbocycles. The van der Waals surface area contributed by atoms with E-state index in [1.807, 2.05) is 45.0 Å². The molecule has 0 spiro atoms. The van der Waals surface area contributed by atoms with Crippen LogP contribution >= 0.6 is 0 Å². The topological polar surface area (TPSA) is 115 Å². The molecule has 0 heterocycles. The van der Waals surface area contributed by atoms with Gasteiger partial charge in [-0.05, 0) is 59.1 Å². The van der Waals surface area contributed by atoms with Gasteiger partial charge < -0.3 is 20.4 Å². The SMILES string of the molecule is CC(C)(C)c1ccc(C(=O)O)cc1.CC(C)(C)c1ccc(C(=O)O)cc1.CCCC(O)C(C)C(O)CCC. The Hall–Kier alpha value is -2.70. The van der Waals surface area contributed by atoms with Crippen LogP contribution in [-0.4, -0.2) is 44.6 Å². The summed E-state index contributed by atoms with van der Waals surface area (Å²) in [6.07, 6.45) is 2.87. The molecule has 0 aliphatic heterocycles. The first-order chi connectivity index (χ1) is 17.4. The van der Waals surface area contributed by atoms with Gasteiger partial charge in [0.25, 0.3) is 0 Å². The molecule has 2 rings (SSSR count). The first-order valence-corrected chi connectivity index (χ1v) is 13.5. The maximum absolute atomic E-state index is 10.6. The first kappa shape index (κ1) is 35.3. The number of carboxylic acids is 2. The van der Waals surface area contributed by atoms with Gasteiger partial charge in [-0.15, -0.1) is 0 Å². The van der Waals surface area contributed by atoms with Crippen molar-refractivity contribution in [1.29, 1.82) is 0 Å². The zero-order chi connectivity index (χ0) is 29.7. The summed E-state index contributed by atoms with van der Waals surface area (Å²) in [4.78, 5) is 21.1. The number of hydrogen-bond acceptors (Lipinski definition) is 4. The van der Waals surface area contributed by atoms with E-state index in [-0.39, 0.29) is 29.0 Å². The molecule has 0 aliphatic carbocycles. The van der Waals surface area contributed by atoms with Crippen molar-refractivity contribution in [2.24, 2.45) is 5.92 Å². The van der Waals surface area contributed by atoms with E-state index in [0.717, 1.165) is 36.8 Å². The summed E-state index contributed by atoms with van der Waals surface area (Å²) in [5.41, 5.74) is 3.14. The fourth-order valence-corrected chi connectivity index (χ4v) is 3.60. The minimum Gasteiger partial charge on any atom is -0.478 e. The molecule has 4 N–H and O–H groups in total. The van der Waals surface area contributed by atoms with Crippen LogP contribution < -0.4 is 0 Å². The number of rotatable bonds is 8. The van der Waals surface area contributed by atoms with Crippen molar-refractivity contribution in [3.8, 4) is 0 Å². The fourth-order valence-electron chi connectivity index (χ4n) is 3.60. The molecular weight excluding hydrogens is 480 g/mol. The number of aliphatic hydroxyl groups excluding tert-OH is 2. The average Bonchev–Trinajstić information content (AvgIpc) is 2.83. The molecule has 2 unspecified atom stereocenters. The van der Waals surface area contributed by atoms with Crippen molar-refractivity contribution in [1.82, 2.24) is 0 Å². The average molecular weight is 531 g/mol. The van der Waals surface area contributed by atoms with Gasteiger partial charge in [0.15, 0.2) is 0 Å². The van der Waals surface area contributed by atoms with E-state index in [9.17, 15) is 19.8 Å². The number of benzene rings is 2. The Morgan fingerprint density at radius 1 is 0.632 bits per heavy atom. The minimum atomic E-state index is -0.875. The Morgan fingerprint density at radius 3 is 1.08 bits per heavy atom. The normalized spacial score (nSPS) is 13.7. The van der Waals surface area contributed by atoms with Crippen LogP contribution in [0.3, 0.4) is 0 Å². The lowest BCUT2D eigenvalue weighted by atomic mass is 9.87. The Kier molecular flexibility index (Phi) is 15.1. The molecule has 0 bridgehead atoms. The minimum absolute atomic E-state index is 0.0184. The second-order valence-electron chi connectivity index (χ2n) is 11.8. The van der Waals surface area contributed by atoms with E-state index >= 15 is 0 Å². The largest absolute Gasteiger partial charge is 0.478 e. The van der Waals surface area contributed by atoms with Crippen LogP contribution in [0.5, 0.6) is 0 Å². The number of carbonyl (C=O) groups is 2. The fraction of sp³-hybridized carbons (Fsp3) is 0.562. The molecule has 6 heteroatoms. The molecule has 214 valence electrons. The molecule has 0 radical (unpaired) electrons. The van der Waals surface area contributed by atoms with E-state index < -0.39 is 11.9 Å². The highest BCUT2D eigenvalue weighted by molar-refractivity contribution is 5.88. The van der Waals surface area contributed by atoms with Gasteiger partial charge in [0.05, 0.1) is 23.3 Å². The standard InChI is InChI=1S/2C11H14O2.C10H22O2/c2*1-11(2,3)9-6-4-8(5-7-9)10(12)13;1-4-6-9(11)8(3)10(12)7-5-2/h2*4-7H,1-3H3,(H,12,13);8-12H,4-7H2,1-3H3. The lowest BCUT2D eigenvalue weighted by Gasteiger charge is -2.23. The molecule has 0 aliphatic rings. The molecule has 0 amide bonds. The van der Waals surface area contributed by atoms with Gasteiger partial charge in [-0.2, -0.15) is 0 Å². The predicted molar refractivity (Wildman–Crippen MR) is 155 cm³/mol. The Morgan fingerprint density at radius 2 is 0.895 bits per heavy atom. The van der Waals surface area contributed by atoms with Crippen molar-refractivity contribution in [3.05, 3.63) is 70.8 Å². The van der Waals surface area contributed by atoms with Crippen LogP contribution in [0.25, 0.3) is 0 Å². The molecule has 2 aromatic rings. The monoisotopic (exact) mass is 530 g/mol. The summed E-state index contributed by atoms with van der Waals surface area (Å²) < 4.78 is 0. The van der Waals surface area contributed by atoms with Gasteiger partial charge in [-0.25, -0.2) is 9.59 Å². The molecule has 38 heavy (non-hydrogen) atoms. The quantitative estimate of drug-likeness (QED) is 0.284. The second-order valence-corrected chi connectivity index (χ2v) is 11.8. The highest BCUT2D eigenvalue weighted by Crippen LogP contribution is 2.23. The first-order valence-electron chi connectivity index (χ1n) is 13.5. The van der Waals surface area contributed by atoms with Crippen molar-refractivity contribution < 1.29 is 30.0 Å². The van der Waals surface area contributed by atoms with Crippen molar-refractivity contribution in [2.45, 2.75) is 111 Å². The van der Waals surface area contributed by atoms with Gasteiger partial charge in [0.1, 0.15) is 0 Å². The van der Waals surface area contributed by atoms with Crippen LogP contribution in [0, 0.1) is 5.92 Å². The zero-order valence-electron chi connectivity index (χ0n) is 24.8. The van der Waals surface area contributed by atoms with Crippen LogP contribution in [0.15, 0.2) is 48.5 Å². The second kappa shape index (κ2) is 16.3. The summed E-state index contributed by atoms with van der Waals surface area (Å²) in [6, 6.07) is 14.0. The van der Waals surface area contributed by atoms with Crippen LogP contribution in [-0.2, 0) is 10.8 Å². The summed E-state index contributed by atoms with van der Waals surface area (Å²) in [6.45, 7) is 18.6. The Bertz CT molecular complexity index is 870. The Labute approximate surface area is 229 Å². The third kappa shape index (κ3) is 13.2. The Balaban J connectivity index is 0.000000541.